The minimum atomic E-state index is -0.300. The third-order valence-corrected chi connectivity index (χ3v) is 4.21. The standard InChI is InChI=1S/C20H21N3O3/c1-13-8-9-17(26-2)18-16(13)12-14(19(24)23-18)10-11-21-20(25)22-15-6-4-3-5-7-15/h3-9,12H,10-11H2,1-2H3,(H,23,24)(H2,21,22,25). The van der Waals surface area contributed by atoms with Gasteiger partial charge >= 0.3 is 6.03 Å². The maximum absolute atomic E-state index is 12.3. The molecule has 0 bridgehead atoms. The number of aromatic amines is 1. The minimum absolute atomic E-state index is 0.174. The second-order valence-corrected chi connectivity index (χ2v) is 5.99. The Kier molecular flexibility index (Phi) is 5.22. The van der Waals surface area contributed by atoms with Crippen LogP contribution in [0.25, 0.3) is 10.9 Å². The number of anilines is 1. The van der Waals surface area contributed by atoms with Crippen LogP contribution in [0.4, 0.5) is 10.5 Å². The number of carbonyl (C=O) groups excluding carboxylic acids is 1. The number of fused-ring (bicyclic) bond motifs is 1. The monoisotopic (exact) mass is 351 g/mol. The van der Waals surface area contributed by atoms with Crippen LogP contribution >= 0.6 is 0 Å². The van der Waals surface area contributed by atoms with E-state index in [1.54, 1.807) is 7.11 Å². The zero-order valence-electron chi connectivity index (χ0n) is 14.8. The Morgan fingerprint density at radius 2 is 1.92 bits per heavy atom. The number of nitrogens with one attached hydrogen (secondary N) is 3. The van der Waals surface area contributed by atoms with E-state index in [0.29, 0.717) is 29.8 Å². The average Bonchev–Trinajstić information content (AvgIpc) is 2.64. The number of aromatic nitrogens is 1. The lowest BCUT2D eigenvalue weighted by Gasteiger charge is -2.10. The molecule has 0 aliphatic heterocycles. The van der Waals surface area contributed by atoms with E-state index in [-0.39, 0.29) is 11.6 Å². The molecule has 1 aromatic heterocycles. The summed E-state index contributed by atoms with van der Waals surface area (Å²) in [5, 5.41) is 6.45. The summed E-state index contributed by atoms with van der Waals surface area (Å²) in [6.45, 7) is 2.34. The highest BCUT2D eigenvalue weighted by Gasteiger charge is 2.09. The highest BCUT2D eigenvalue weighted by Crippen LogP contribution is 2.25. The van der Waals surface area contributed by atoms with Crippen molar-refractivity contribution < 1.29 is 9.53 Å². The molecule has 3 rings (SSSR count). The molecule has 1 heterocycles. The maximum atomic E-state index is 12.3. The third kappa shape index (κ3) is 3.85. The van der Waals surface area contributed by atoms with Gasteiger partial charge < -0.3 is 20.4 Å². The Bertz CT molecular complexity index is 981. The molecule has 26 heavy (non-hydrogen) atoms. The van der Waals surface area contributed by atoms with Crippen molar-refractivity contribution >= 4 is 22.6 Å². The number of carbonyl (C=O) groups is 1. The number of pyridine rings is 1. The zero-order valence-corrected chi connectivity index (χ0v) is 14.8. The van der Waals surface area contributed by atoms with Gasteiger partial charge in [-0.25, -0.2) is 4.79 Å². The molecule has 0 aliphatic carbocycles. The summed E-state index contributed by atoms with van der Waals surface area (Å²) in [4.78, 5) is 27.1. The SMILES string of the molecule is COc1ccc(C)c2cc(CCNC(=O)Nc3ccccc3)c(=O)[nH]c12. The van der Waals surface area contributed by atoms with Gasteiger partial charge in [-0.1, -0.05) is 24.3 Å². The molecule has 0 spiro atoms. The number of H-pyrrole nitrogens is 1. The molecule has 0 saturated heterocycles. The van der Waals surface area contributed by atoms with Gasteiger partial charge in [0.05, 0.1) is 12.6 Å². The van der Waals surface area contributed by atoms with Gasteiger partial charge in [-0.2, -0.15) is 0 Å². The van der Waals surface area contributed by atoms with E-state index in [0.717, 1.165) is 16.6 Å². The first-order valence-electron chi connectivity index (χ1n) is 8.38. The van der Waals surface area contributed by atoms with Crippen molar-refractivity contribution in [3.63, 3.8) is 0 Å². The van der Waals surface area contributed by atoms with Crippen molar-refractivity contribution in [1.82, 2.24) is 10.3 Å². The smallest absolute Gasteiger partial charge is 0.319 e. The number of aryl methyl sites for hydroxylation is 1. The van der Waals surface area contributed by atoms with Crippen molar-refractivity contribution in [3.05, 3.63) is 70.0 Å². The molecule has 0 fully saturated rings. The van der Waals surface area contributed by atoms with Crippen LogP contribution in [0.3, 0.4) is 0 Å². The highest BCUT2D eigenvalue weighted by molar-refractivity contribution is 5.89. The summed E-state index contributed by atoms with van der Waals surface area (Å²) in [5.74, 6) is 0.634. The second kappa shape index (κ2) is 7.74. The van der Waals surface area contributed by atoms with Crippen LogP contribution in [0.5, 0.6) is 5.75 Å². The van der Waals surface area contributed by atoms with Crippen molar-refractivity contribution in [1.29, 1.82) is 0 Å². The number of para-hydroxylation sites is 1. The Morgan fingerprint density at radius 3 is 2.65 bits per heavy atom. The fourth-order valence-electron chi connectivity index (χ4n) is 2.82. The summed E-state index contributed by atoms with van der Waals surface area (Å²) < 4.78 is 5.31. The molecule has 6 nitrogen and oxygen atoms in total. The fourth-order valence-corrected chi connectivity index (χ4v) is 2.82. The van der Waals surface area contributed by atoms with Crippen LogP contribution in [-0.4, -0.2) is 24.7 Å². The Morgan fingerprint density at radius 1 is 1.15 bits per heavy atom. The predicted molar refractivity (Wildman–Crippen MR) is 103 cm³/mol. The lowest BCUT2D eigenvalue weighted by atomic mass is 10.1. The molecule has 0 aliphatic rings. The molecule has 3 aromatic rings. The molecule has 2 aromatic carbocycles. The van der Waals surface area contributed by atoms with E-state index < -0.39 is 0 Å². The van der Waals surface area contributed by atoms with Gasteiger partial charge in [-0.3, -0.25) is 4.79 Å². The average molecular weight is 351 g/mol. The summed E-state index contributed by atoms with van der Waals surface area (Å²) in [5.41, 5.74) is 2.90. The first-order chi connectivity index (χ1) is 12.6. The van der Waals surface area contributed by atoms with Crippen LogP contribution in [0.1, 0.15) is 11.1 Å². The Hall–Kier alpha value is -3.28. The molecular weight excluding hydrogens is 330 g/mol. The van der Waals surface area contributed by atoms with E-state index in [2.05, 4.69) is 15.6 Å². The topological polar surface area (TPSA) is 83.2 Å². The van der Waals surface area contributed by atoms with Crippen molar-refractivity contribution in [3.8, 4) is 5.75 Å². The van der Waals surface area contributed by atoms with Crippen LogP contribution in [-0.2, 0) is 6.42 Å². The number of benzene rings is 2. The van der Waals surface area contributed by atoms with Gasteiger partial charge in [0.1, 0.15) is 5.75 Å². The first kappa shape index (κ1) is 17.5. The van der Waals surface area contributed by atoms with E-state index in [1.165, 1.54) is 0 Å². The van der Waals surface area contributed by atoms with Gasteiger partial charge in [-0.05, 0) is 43.2 Å². The summed E-state index contributed by atoms with van der Waals surface area (Å²) in [6, 6.07) is 14.5. The fraction of sp³-hybridized carbons (Fsp3) is 0.200. The number of rotatable bonds is 5. The van der Waals surface area contributed by atoms with E-state index >= 15 is 0 Å². The molecule has 6 heteroatoms. The van der Waals surface area contributed by atoms with Gasteiger partial charge in [0.15, 0.2) is 0 Å². The molecule has 0 unspecified atom stereocenters. The number of ether oxygens (including phenoxy) is 1. The Balaban J connectivity index is 1.69. The number of amides is 2. The largest absolute Gasteiger partial charge is 0.495 e. The quantitative estimate of drug-likeness (QED) is 0.660. The van der Waals surface area contributed by atoms with Crippen molar-refractivity contribution in [2.24, 2.45) is 0 Å². The normalized spacial score (nSPS) is 10.5. The lowest BCUT2D eigenvalue weighted by Crippen LogP contribution is -2.31. The predicted octanol–water partition coefficient (Wildman–Crippen LogP) is 3.21. The van der Waals surface area contributed by atoms with Crippen LogP contribution < -0.4 is 20.9 Å². The first-order valence-corrected chi connectivity index (χ1v) is 8.38. The van der Waals surface area contributed by atoms with Gasteiger partial charge in [0, 0.05) is 23.2 Å². The number of hydrogen-bond acceptors (Lipinski definition) is 3. The van der Waals surface area contributed by atoms with Gasteiger partial charge in [0.2, 0.25) is 0 Å². The minimum Gasteiger partial charge on any atom is -0.495 e. The molecule has 2 amide bonds. The number of hydrogen-bond donors (Lipinski definition) is 3. The zero-order chi connectivity index (χ0) is 18.5. The van der Waals surface area contributed by atoms with Crippen molar-refractivity contribution in [2.45, 2.75) is 13.3 Å². The molecule has 0 saturated carbocycles. The van der Waals surface area contributed by atoms with Crippen molar-refractivity contribution in [2.75, 3.05) is 19.0 Å². The molecule has 134 valence electrons. The summed E-state index contributed by atoms with van der Waals surface area (Å²) in [6.07, 6.45) is 0.435. The van der Waals surface area contributed by atoms with Crippen LogP contribution in [0.2, 0.25) is 0 Å². The second-order valence-electron chi connectivity index (χ2n) is 5.99. The summed E-state index contributed by atoms with van der Waals surface area (Å²) >= 11 is 0. The van der Waals surface area contributed by atoms with Gasteiger partial charge in [0.25, 0.3) is 5.56 Å². The molecule has 0 radical (unpaired) electrons. The van der Waals surface area contributed by atoms with E-state index in [9.17, 15) is 9.59 Å². The van der Waals surface area contributed by atoms with Crippen LogP contribution in [0.15, 0.2) is 53.3 Å². The van der Waals surface area contributed by atoms with Gasteiger partial charge in [-0.15, -0.1) is 0 Å². The highest BCUT2D eigenvalue weighted by atomic mass is 16.5. The van der Waals surface area contributed by atoms with Crippen LogP contribution in [0, 0.1) is 6.92 Å². The third-order valence-electron chi connectivity index (χ3n) is 4.21. The number of methoxy groups -OCH3 is 1. The lowest BCUT2D eigenvalue weighted by molar-refractivity contribution is 0.252. The molecule has 0 atom stereocenters. The maximum Gasteiger partial charge on any atom is 0.319 e. The molecular formula is C20H21N3O3. The van der Waals surface area contributed by atoms with E-state index in [4.69, 9.17) is 4.74 Å². The Labute approximate surface area is 151 Å². The molecule has 3 N–H and O–H groups in total. The number of urea groups is 1. The summed E-state index contributed by atoms with van der Waals surface area (Å²) in [7, 11) is 1.58. The van der Waals surface area contributed by atoms with E-state index in [1.807, 2.05) is 55.5 Å².